The molecule has 0 unspecified atom stereocenters. The Balaban J connectivity index is 1.70. The number of aromatic amines is 1. The van der Waals surface area contributed by atoms with Crippen LogP contribution in [0.1, 0.15) is 36.2 Å². The molecular weight excluding hydrogens is 308 g/mol. The summed E-state index contributed by atoms with van der Waals surface area (Å²) in [5.41, 5.74) is 0.529. The van der Waals surface area contributed by atoms with E-state index in [0.29, 0.717) is 24.0 Å². The zero-order valence-electron chi connectivity index (χ0n) is 13.5. The first-order chi connectivity index (χ1) is 11.6. The normalized spacial score (nSPS) is 11.1. The maximum atomic E-state index is 12.2. The summed E-state index contributed by atoms with van der Waals surface area (Å²) >= 11 is 0. The highest BCUT2D eigenvalue weighted by molar-refractivity contribution is 5.93. The third-order valence-corrected chi connectivity index (χ3v) is 3.65. The number of aromatic nitrogens is 5. The van der Waals surface area contributed by atoms with Crippen LogP contribution in [-0.4, -0.2) is 37.2 Å². The predicted molar refractivity (Wildman–Crippen MR) is 88.8 cm³/mol. The molecule has 2 aromatic heterocycles. The number of carbonyl (C=O) groups excluding carboxylic acids is 1. The smallest absolute Gasteiger partial charge is 0.280 e. The van der Waals surface area contributed by atoms with Crippen LogP contribution >= 0.6 is 0 Å². The van der Waals surface area contributed by atoms with Crippen molar-refractivity contribution in [3.63, 3.8) is 0 Å². The number of hydrogen-bond donors (Lipinski definition) is 2. The molecule has 0 atom stereocenters. The van der Waals surface area contributed by atoms with Crippen molar-refractivity contribution in [1.29, 1.82) is 0 Å². The molecule has 8 heteroatoms. The number of fused-ring (bicyclic) bond motifs is 1. The van der Waals surface area contributed by atoms with Gasteiger partial charge in [0.05, 0.1) is 11.0 Å². The van der Waals surface area contributed by atoms with Crippen molar-refractivity contribution in [1.82, 2.24) is 30.0 Å². The highest BCUT2D eigenvalue weighted by Crippen LogP contribution is 2.07. The third-order valence-electron chi connectivity index (χ3n) is 3.65. The zero-order chi connectivity index (χ0) is 17.1. The van der Waals surface area contributed by atoms with Gasteiger partial charge >= 0.3 is 0 Å². The van der Waals surface area contributed by atoms with Gasteiger partial charge in [0.25, 0.3) is 11.5 Å². The SMILES string of the molecule is CC(C)n1cnnc1CCNC(=O)c1nc2ccccc2[nH]c1=O. The van der Waals surface area contributed by atoms with Crippen molar-refractivity contribution in [3.05, 3.63) is 52.5 Å². The highest BCUT2D eigenvalue weighted by atomic mass is 16.2. The Morgan fingerprint density at radius 3 is 2.92 bits per heavy atom. The minimum atomic E-state index is -0.503. The Kier molecular flexibility index (Phi) is 4.37. The average molecular weight is 326 g/mol. The van der Waals surface area contributed by atoms with E-state index in [1.54, 1.807) is 30.6 Å². The average Bonchev–Trinajstić information content (AvgIpc) is 3.03. The molecule has 3 rings (SSSR count). The van der Waals surface area contributed by atoms with Gasteiger partial charge in [-0.05, 0) is 26.0 Å². The van der Waals surface area contributed by atoms with Gasteiger partial charge in [0.2, 0.25) is 0 Å². The van der Waals surface area contributed by atoms with Crippen LogP contribution in [0.4, 0.5) is 0 Å². The lowest BCUT2D eigenvalue weighted by Crippen LogP contribution is -2.32. The molecule has 0 saturated carbocycles. The number of para-hydroxylation sites is 2. The van der Waals surface area contributed by atoms with Crippen LogP contribution < -0.4 is 10.9 Å². The topological polar surface area (TPSA) is 106 Å². The summed E-state index contributed by atoms with van der Waals surface area (Å²) in [7, 11) is 0. The first-order valence-corrected chi connectivity index (χ1v) is 7.72. The van der Waals surface area contributed by atoms with Crippen molar-refractivity contribution in [2.45, 2.75) is 26.3 Å². The van der Waals surface area contributed by atoms with E-state index in [9.17, 15) is 9.59 Å². The minimum Gasteiger partial charge on any atom is -0.350 e. The Morgan fingerprint density at radius 1 is 1.33 bits per heavy atom. The Bertz CT molecular complexity index is 927. The van der Waals surface area contributed by atoms with Crippen molar-refractivity contribution < 1.29 is 4.79 Å². The molecule has 0 saturated heterocycles. The van der Waals surface area contributed by atoms with E-state index in [1.165, 1.54) is 0 Å². The number of hydrogen-bond acceptors (Lipinski definition) is 5. The van der Waals surface area contributed by atoms with Gasteiger partial charge in [-0.3, -0.25) is 9.59 Å². The molecule has 0 radical (unpaired) electrons. The number of nitrogens with zero attached hydrogens (tertiary/aromatic N) is 4. The molecule has 1 aromatic carbocycles. The number of benzene rings is 1. The van der Waals surface area contributed by atoms with Crippen LogP contribution in [0.15, 0.2) is 35.4 Å². The summed E-state index contributed by atoms with van der Waals surface area (Å²) < 4.78 is 1.94. The highest BCUT2D eigenvalue weighted by Gasteiger charge is 2.14. The zero-order valence-corrected chi connectivity index (χ0v) is 13.5. The van der Waals surface area contributed by atoms with E-state index >= 15 is 0 Å². The molecule has 0 aliphatic carbocycles. The molecule has 8 nitrogen and oxygen atoms in total. The van der Waals surface area contributed by atoms with Gasteiger partial charge in [0.15, 0.2) is 5.69 Å². The number of H-pyrrole nitrogens is 1. The summed E-state index contributed by atoms with van der Waals surface area (Å²) in [6, 6.07) is 7.33. The van der Waals surface area contributed by atoms with Crippen LogP contribution in [0.5, 0.6) is 0 Å². The van der Waals surface area contributed by atoms with Gasteiger partial charge in [-0.15, -0.1) is 10.2 Å². The van der Waals surface area contributed by atoms with E-state index in [4.69, 9.17) is 0 Å². The lowest BCUT2D eigenvalue weighted by Gasteiger charge is -2.10. The van der Waals surface area contributed by atoms with E-state index in [2.05, 4.69) is 25.5 Å². The second kappa shape index (κ2) is 6.61. The van der Waals surface area contributed by atoms with Crippen LogP contribution in [0.2, 0.25) is 0 Å². The van der Waals surface area contributed by atoms with E-state index < -0.39 is 11.5 Å². The molecule has 0 fully saturated rings. The van der Waals surface area contributed by atoms with Crippen molar-refractivity contribution in [2.75, 3.05) is 6.54 Å². The molecule has 2 N–H and O–H groups in total. The lowest BCUT2D eigenvalue weighted by atomic mass is 10.3. The minimum absolute atomic E-state index is 0.140. The molecule has 1 amide bonds. The van der Waals surface area contributed by atoms with Gasteiger partial charge in [0.1, 0.15) is 12.2 Å². The van der Waals surface area contributed by atoms with Gasteiger partial charge in [-0.2, -0.15) is 0 Å². The second-order valence-corrected chi connectivity index (χ2v) is 5.69. The summed E-state index contributed by atoms with van der Waals surface area (Å²) in [4.78, 5) is 31.0. The standard InChI is InChI=1S/C16H18N6O2/c1-10(2)22-9-18-21-13(22)7-8-17-15(23)14-16(24)20-12-6-4-3-5-11(12)19-14/h3-6,9-10H,7-8H2,1-2H3,(H,17,23)(H,20,24). The lowest BCUT2D eigenvalue weighted by molar-refractivity contribution is 0.0947. The molecule has 0 aliphatic heterocycles. The maximum absolute atomic E-state index is 12.2. The first-order valence-electron chi connectivity index (χ1n) is 7.72. The summed E-state index contributed by atoms with van der Waals surface area (Å²) in [5, 5.41) is 10.6. The van der Waals surface area contributed by atoms with E-state index in [1.807, 2.05) is 18.4 Å². The molecular formula is C16H18N6O2. The number of carbonyl (C=O) groups is 1. The van der Waals surface area contributed by atoms with Crippen LogP contribution in [0.25, 0.3) is 11.0 Å². The van der Waals surface area contributed by atoms with Gasteiger partial charge in [-0.25, -0.2) is 4.98 Å². The van der Waals surface area contributed by atoms with Crippen LogP contribution in [0, 0.1) is 0 Å². The van der Waals surface area contributed by atoms with E-state index in [-0.39, 0.29) is 11.7 Å². The van der Waals surface area contributed by atoms with Gasteiger partial charge in [0, 0.05) is 19.0 Å². The fraction of sp³-hybridized carbons (Fsp3) is 0.312. The van der Waals surface area contributed by atoms with Crippen molar-refractivity contribution in [2.24, 2.45) is 0 Å². The number of rotatable bonds is 5. The van der Waals surface area contributed by atoms with E-state index in [0.717, 1.165) is 5.82 Å². The third kappa shape index (κ3) is 3.17. The summed E-state index contributed by atoms with van der Waals surface area (Å²) in [6.07, 6.45) is 2.19. The molecule has 0 spiro atoms. The summed E-state index contributed by atoms with van der Waals surface area (Å²) in [6.45, 7) is 4.41. The second-order valence-electron chi connectivity index (χ2n) is 5.69. The van der Waals surface area contributed by atoms with Crippen molar-refractivity contribution >= 4 is 16.9 Å². The fourth-order valence-electron chi connectivity index (χ4n) is 2.43. The largest absolute Gasteiger partial charge is 0.350 e. The fourth-order valence-corrected chi connectivity index (χ4v) is 2.43. The monoisotopic (exact) mass is 326 g/mol. The molecule has 0 aliphatic rings. The van der Waals surface area contributed by atoms with Crippen molar-refractivity contribution in [3.8, 4) is 0 Å². The predicted octanol–water partition coefficient (Wildman–Crippen LogP) is 1.07. The Hall–Kier alpha value is -3.03. The molecule has 3 aromatic rings. The first kappa shape index (κ1) is 15.9. The number of amides is 1. The Labute approximate surface area is 137 Å². The van der Waals surface area contributed by atoms with Gasteiger partial charge in [-0.1, -0.05) is 12.1 Å². The van der Waals surface area contributed by atoms with Crippen LogP contribution in [-0.2, 0) is 6.42 Å². The Morgan fingerprint density at radius 2 is 2.12 bits per heavy atom. The maximum Gasteiger partial charge on any atom is 0.280 e. The molecule has 124 valence electrons. The molecule has 24 heavy (non-hydrogen) atoms. The quantitative estimate of drug-likeness (QED) is 0.729. The van der Waals surface area contributed by atoms with Gasteiger partial charge < -0.3 is 14.9 Å². The van der Waals surface area contributed by atoms with Crippen LogP contribution in [0.3, 0.4) is 0 Å². The molecule has 0 bridgehead atoms. The molecule has 2 heterocycles. The number of nitrogens with one attached hydrogen (secondary N) is 2. The summed E-state index contributed by atoms with van der Waals surface area (Å²) in [5.74, 6) is 0.281.